The zero-order valence-corrected chi connectivity index (χ0v) is 11.2. The lowest BCUT2D eigenvalue weighted by molar-refractivity contribution is 0.0496. The van der Waals surface area contributed by atoms with Gasteiger partial charge in [-0.3, -0.25) is 0 Å². The Labute approximate surface area is 108 Å². The zero-order valence-electron chi connectivity index (χ0n) is 11.2. The van der Waals surface area contributed by atoms with Crippen LogP contribution >= 0.6 is 0 Å². The molecule has 0 saturated carbocycles. The zero-order chi connectivity index (χ0) is 13.1. The lowest BCUT2D eigenvalue weighted by Crippen LogP contribution is -2.44. The predicted octanol–water partition coefficient (Wildman–Crippen LogP) is 2.12. The second-order valence-corrected chi connectivity index (χ2v) is 4.92. The minimum atomic E-state index is 0.215. The minimum absolute atomic E-state index is 0.215. The van der Waals surface area contributed by atoms with Gasteiger partial charge >= 0.3 is 0 Å². The normalized spacial score (nSPS) is 23.8. The van der Waals surface area contributed by atoms with Crippen molar-refractivity contribution in [2.75, 3.05) is 25.1 Å². The highest BCUT2D eigenvalue weighted by molar-refractivity contribution is 5.54. The SMILES string of the molecule is COC1CN(c2nc(C)ccc2C#N)CCC1C. The van der Waals surface area contributed by atoms with Crippen LogP contribution in [0.5, 0.6) is 0 Å². The number of nitriles is 1. The molecule has 18 heavy (non-hydrogen) atoms. The van der Waals surface area contributed by atoms with E-state index in [9.17, 15) is 0 Å². The van der Waals surface area contributed by atoms with Crippen molar-refractivity contribution < 1.29 is 4.74 Å². The van der Waals surface area contributed by atoms with Gasteiger partial charge in [0.05, 0.1) is 11.7 Å². The van der Waals surface area contributed by atoms with Gasteiger partial charge in [0.1, 0.15) is 11.9 Å². The Morgan fingerprint density at radius 3 is 2.94 bits per heavy atom. The largest absolute Gasteiger partial charge is 0.379 e. The van der Waals surface area contributed by atoms with Crippen LogP contribution in [0.2, 0.25) is 0 Å². The number of hydrogen-bond acceptors (Lipinski definition) is 4. The summed E-state index contributed by atoms with van der Waals surface area (Å²) in [6.07, 6.45) is 1.28. The molecule has 0 aliphatic carbocycles. The Bertz CT molecular complexity index is 467. The molecule has 2 unspecified atom stereocenters. The summed E-state index contributed by atoms with van der Waals surface area (Å²) in [4.78, 5) is 6.68. The van der Waals surface area contributed by atoms with E-state index < -0.39 is 0 Å². The maximum atomic E-state index is 9.17. The lowest BCUT2D eigenvalue weighted by Gasteiger charge is -2.37. The number of piperidine rings is 1. The third-order valence-corrected chi connectivity index (χ3v) is 3.63. The van der Waals surface area contributed by atoms with Gasteiger partial charge in [0.2, 0.25) is 0 Å². The molecular weight excluding hydrogens is 226 g/mol. The van der Waals surface area contributed by atoms with E-state index in [1.54, 1.807) is 7.11 Å². The van der Waals surface area contributed by atoms with Gasteiger partial charge in [0.25, 0.3) is 0 Å². The highest BCUT2D eigenvalue weighted by atomic mass is 16.5. The molecule has 2 atom stereocenters. The van der Waals surface area contributed by atoms with Crippen molar-refractivity contribution in [1.82, 2.24) is 4.98 Å². The number of pyridine rings is 1. The van der Waals surface area contributed by atoms with E-state index in [4.69, 9.17) is 10.00 Å². The molecule has 4 heteroatoms. The van der Waals surface area contributed by atoms with Gasteiger partial charge < -0.3 is 9.64 Å². The van der Waals surface area contributed by atoms with E-state index in [0.717, 1.165) is 31.0 Å². The summed E-state index contributed by atoms with van der Waals surface area (Å²) in [6.45, 7) is 5.90. The van der Waals surface area contributed by atoms with Crippen molar-refractivity contribution in [3.8, 4) is 6.07 Å². The van der Waals surface area contributed by atoms with Crippen molar-refractivity contribution in [1.29, 1.82) is 5.26 Å². The number of nitrogens with zero attached hydrogens (tertiary/aromatic N) is 3. The number of aromatic nitrogens is 1. The van der Waals surface area contributed by atoms with Crippen LogP contribution in [-0.4, -0.2) is 31.3 Å². The summed E-state index contributed by atoms with van der Waals surface area (Å²) in [5.74, 6) is 1.35. The summed E-state index contributed by atoms with van der Waals surface area (Å²) < 4.78 is 5.51. The fourth-order valence-electron chi connectivity index (χ4n) is 2.40. The number of anilines is 1. The molecule has 0 radical (unpaired) electrons. The smallest absolute Gasteiger partial charge is 0.146 e. The van der Waals surface area contributed by atoms with Crippen LogP contribution in [0.3, 0.4) is 0 Å². The molecule has 2 rings (SSSR count). The first-order chi connectivity index (χ1) is 8.65. The molecule has 1 saturated heterocycles. The lowest BCUT2D eigenvalue weighted by atomic mass is 9.95. The first-order valence-electron chi connectivity index (χ1n) is 6.31. The minimum Gasteiger partial charge on any atom is -0.379 e. The van der Waals surface area contributed by atoms with Gasteiger partial charge in [0, 0.05) is 25.9 Å². The molecule has 0 spiro atoms. The molecule has 1 aromatic heterocycles. The molecule has 2 heterocycles. The fourth-order valence-corrected chi connectivity index (χ4v) is 2.40. The topological polar surface area (TPSA) is 49.1 Å². The summed E-state index contributed by atoms with van der Waals surface area (Å²) in [6, 6.07) is 5.94. The Morgan fingerprint density at radius 2 is 2.28 bits per heavy atom. The molecule has 1 fully saturated rings. The number of rotatable bonds is 2. The molecule has 0 aromatic carbocycles. The van der Waals surface area contributed by atoms with Crippen molar-refractivity contribution in [3.63, 3.8) is 0 Å². The van der Waals surface area contributed by atoms with E-state index in [1.807, 2.05) is 19.1 Å². The Kier molecular flexibility index (Phi) is 3.83. The molecule has 0 bridgehead atoms. The maximum Gasteiger partial charge on any atom is 0.146 e. The second kappa shape index (κ2) is 5.36. The molecular formula is C14H19N3O. The first kappa shape index (κ1) is 12.8. The first-order valence-corrected chi connectivity index (χ1v) is 6.31. The molecule has 96 valence electrons. The standard InChI is InChI=1S/C14H19N3O/c1-10-6-7-17(9-13(10)18-3)14-12(8-15)5-4-11(2)16-14/h4-5,10,13H,6-7,9H2,1-3H3. The van der Waals surface area contributed by atoms with Crippen molar-refractivity contribution >= 4 is 5.82 Å². The van der Waals surface area contributed by atoms with E-state index in [-0.39, 0.29) is 6.10 Å². The van der Waals surface area contributed by atoms with Crippen molar-refractivity contribution in [3.05, 3.63) is 23.4 Å². The van der Waals surface area contributed by atoms with Crippen LogP contribution in [-0.2, 0) is 4.74 Å². The molecule has 1 aromatic rings. The quantitative estimate of drug-likeness (QED) is 0.801. The van der Waals surface area contributed by atoms with Crippen LogP contribution in [0, 0.1) is 24.2 Å². The highest BCUT2D eigenvalue weighted by Gasteiger charge is 2.27. The number of ether oxygens (including phenoxy) is 1. The van der Waals surface area contributed by atoms with E-state index in [1.165, 1.54) is 0 Å². The summed E-state index contributed by atoms with van der Waals surface area (Å²) in [5.41, 5.74) is 1.58. The average Bonchev–Trinajstić information content (AvgIpc) is 2.39. The highest BCUT2D eigenvalue weighted by Crippen LogP contribution is 2.26. The summed E-state index contributed by atoms with van der Waals surface area (Å²) >= 11 is 0. The number of hydrogen-bond donors (Lipinski definition) is 0. The van der Waals surface area contributed by atoms with Crippen LogP contribution < -0.4 is 4.90 Å². The van der Waals surface area contributed by atoms with Gasteiger partial charge in [-0.2, -0.15) is 5.26 Å². The predicted molar refractivity (Wildman–Crippen MR) is 70.5 cm³/mol. The van der Waals surface area contributed by atoms with Crippen molar-refractivity contribution in [2.24, 2.45) is 5.92 Å². The van der Waals surface area contributed by atoms with Gasteiger partial charge in [0.15, 0.2) is 0 Å². The summed E-state index contributed by atoms with van der Waals surface area (Å²) in [7, 11) is 1.75. The molecule has 4 nitrogen and oxygen atoms in total. The average molecular weight is 245 g/mol. The van der Waals surface area contributed by atoms with E-state index >= 15 is 0 Å². The fraction of sp³-hybridized carbons (Fsp3) is 0.571. The van der Waals surface area contributed by atoms with E-state index in [0.29, 0.717) is 11.5 Å². The molecule has 0 N–H and O–H groups in total. The van der Waals surface area contributed by atoms with Crippen LogP contribution in [0.15, 0.2) is 12.1 Å². The number of methoxy groups -OCH3 is 1. The van der Waals surface area contributed by atoms with Crippen LogP contribution in [0.1, 0.15) is 24.6 Å². The van der Waals surface area contributed by atoms with Gasteiger partial charge in [-0.05, 0) is 31.4 Å². The number of aryl methyl sites for hydroxylation is 1. The Balaban J connectivity index is 2.27. The van der Waals surface area contributed by atoms with Gasteiger partial charge in [-0.15, -0.1) is 0 Å². The van der Waals surface area contributed by atoms with E-state index in [2.05, 4.69) is 22.9 Å². The second-order valence-electron chi connectivity index (χ2n) is 4.92. The van der Waals surface area contributed by atoms with Gasteiger partial charge in [-0.1, -0.05) is 6.92 Å². The van der Waals surface area contributed by atoms with Crippen LogP contribution in [0.25, 0.3) is 0 Å². The monoisotopic (exact) mass is 245 g/mol. The summed E-state index contributed by atoms with van der Waals surface area (Å²) in [5, 5.41) is 9.17. The third kappa shape index (κ3) is 2.46. The Morgan fingerprint density at radius 1 is 1.50 bits per heavy atom. The van der Waals surface area contributed by atoms with Crippen LogP contribution in [0.4, 0.5) is 5.82 Å². The van der Waals surface area contributed by atoms with Crippen molar-refractivity contribution in [2.45, 2.75) is 26.4 Å². The molecule has 1 aliphatic heterocycles. The molecule has 1 aliphatic rings. The Hall–Kier alpha value is -1.60. The van der Waals surface area contributed by atoms with Gasteiger partial charge in [-0.25, -0.2) is 4.98 Å². The molecule has 0 amide bonds. The third-order valence-electron chi connectivity index (χ3n) is 3.63. The maximum absolute atomic E-state index is 9.17.